The first-order chi connectivity index (χ1) is 8.99. The first-order valence-corrected chi connectivity index (χ1v) is 5.89. The van der Waals surface area contributed by atoms with E-state index in [0.717, 1.165) is 6.42 Å². The summed E-state index contributed by atoms with van der Waals surface area (Å²) >= 11 is 0. The monoisotopic (exact) mass is 263 g/mol. The zero-order chi connectivity index (χ0) is 14.4. The summed E-state index contributed by atoms with van der Waals surface area (Å²) in [6, 6.07) is 4.42. The predicted octanol–water partition coefficient (Wildman–Crippen LogP) is 2.69. The van der Waals surface area contributed by atoms with E-state index in [1.807, 2.05) is 6.92 Å². The minimum absolute atomic E-state index is 0.0263. The number of anilines is 1. The molecule has 5 heteroatoms. The Morgan fingerprint density at radius 1 is 1.42 bits per heavy atom. The van der Waals surface area contributed by atoms with E-state index < -0.39 is 5.97 Å². The summed E-state index contributed by atoms with van der Waals surface area (Å²) in [6.45, 7) is 3.60. The highest BCUT2D eigenvalue weighted by Crippen LogP contribution is 2.23. The van der Waals surface area contributed by atoms with Gasteiger partial charge in [0.05, 0.1) is 18.4 Å². The molecule has 19 heavy (non-hydrogen) atoms. The molecule has 1 aromatic rings. The van der Waals surface area contributed by atoms with E-state index in [1.54, 1.807) is 13.0 Å². The van der Waals surface area contributed by atoms with Gasteiger partial charge in [-0.05, 0) is 25.5 Å². The molecule has 0 aliphatic rings. The van der Waals surface area contributed by atoms with Gasteiger partial charge in [0.25, 0.3) is 5.91 Å². The van der Waals surface area contributed by atoms with Crippen LogP contribution in [0.4, 0.5) is 5.69 Å². The van der Waals surface area contributed by atoms with Gasteiger partial charge >= 0.3 is 5.97 Å². The van der Waals surface area contributed by atoms with Gasteiger partial charge in [-0.1, -0.05) is 13.0 Å². The van der Waals surface area contributed by atoms with Crippen LogP contribution in [0.15, 0.2) is 29.8 Å². The third-order valence-corrected chi connectivity index (χ3v) is 2.57. The van der Waals surface area contributed by atoms with Crippen LogP contribution >= 0.6 is 0 Å². The van der Waals surface area contributed by atoms with Crippen molar-refractivity contribution in [3.8, 4) is 5.75 Å². The second-order valence-corrected chi connectivity index (χ2v) is 3.97. The van der Waals surface area contributed by atoms with Crippen LogP contribution in [0, 0.1) is 0 Å². The number of methoxy groups -OCH3 is 1. The van der Waals surface area contributed by atoms with Crippen LogP contribution < -0.4 is 10.1 Å². The Hall–Kier alpha value is -2.30. The fraction of sp³-hybridized carbons (Fsp3) is 0.286. The fourth-order valence-corrected chi connectivity index (χ4v) is 1.56. The largest absolute Gasteiger partial charge is 0.497 e. The third-order valence-electron chi connectivity index (χ3n) is 2.57. The summed E-state index contributed by atoms with van der Waals surface area (Å²) in [6.07, 6.45) is 2.51. The average molecular weight is 263 g/mol. The molecule has 0 atom stereocenters. The van der Waals surface area contributed by atoms with Crippen LogP contribution in [0.1, 0.15) is 30.6 Å². The quantitative estimate of drug-likeness (QED) is 0.801. The van der Waals surface area contributed by atoms with Crippen molar-refractivity contribution in [2.45, 2.75) is 20.3 Å². The molecule has 0 spiro atoms. The number of nitrogens with one attached hydrogen (secondary N) is 1. The maximum absolute atomic E-state index is 11.9. The van der Waals surface area contributed by atoms with Gasteiger partial charge in [0.15, 0.2) is 0 Å². The molecule has 102 valence electrons. The van der Waals surface area contributed by atoms with Crippen LogP contribution in [0.2, 0.25) is 0 Å². The molecular formula is C14H17NO4. The number of aromatic carboxylic acids is 1. The molecule has 0 aromatic heterocycles. The van der Waals surface area contributed by atoms with Crippen LogP contribution in [0.25, 0.3) is 0 Å². The predicted molar refractivity (Wildman–Crippen MR) is 72.6 cm³/mol. The van der Waals surface area contributed by atoms with Gasteiger partial charge in [0, 0.05) is 11.6 Å². The first kappa shape index (κ1) is 14.8. The number of carboxylic acids is 1. The molecule has 1 aromatic carbocycles. The van der Waals surface area contributed by atoms with Crippen LogP contribution in [0.3, 0.4) is 0 Å². The van der Waals surface area contributed by atoms with Gasteiger partial charge in [0.1, 0.15) is 5.75 Å². The number of carboxylic acid groups (broad SMARTS) is 1. The number of carbonyl (C=O) groups is 2. The van der Waals surface area contributed by atoms with Gasteiger partial charge in [-0.15, -0.1) is 0 Å². The zero-order valence-corrected chi connectivity index (χ0v) is 11.2. The maximum atomic E-state index is 11.9. The minimum Gasteiger partial charge on any atom is -0.497 e. The number of rotatable bonds is 5. The van der Waals surface area contributed by atoms with Crippen LogP contribution in [-0.4, -0.2) is 24.1 Å². The summed E-state index contributed by atoms with van der Waals surface area (Å²) in [5, 5.41) is 11.7. The molecule has 0 unspecified atom stereocenters. The van der Waals surface area contributed by atoms with Crippen molar-refractivity contribution in [2.75, 3.05) is 12.4 Å². The average Bonchev–Trinajstić information content (AvgIpc) is 2.38. The maximum Gasteiger partial charge on any atom is 0.337 e. The van der Waals surface area contributed by atoms with Crippen molar-refractivity contribution in [3.63, 3.8) is 0 Å². The van der Waals surface area contributed by atoms with Crippen molar-refractivity contribution < 1.29 is 19.4 Å². The lowest BCUT2D eigenvalue weighted by atomic mass is 10.1. The Balaban J connectivity index is 3.07. The van der Waals surface area contributed by atoms with Crippen molar-refractivity contribution in [2.24, 2.45) is 0 Å². The SMILES string of the molecule is CC/C=C(/C)C(=O)Nc1cc(OC)ccc1C(=O)O. The Kier molecular flexibility index (Phi) is 5.11. The normalized spacial score (nSPS) is 11.0. The van der Waals surface area contributed by atoms with Crippen LogP contribution in [0.5, 0.6) is 5.75 Å². The lowest BCUT2D eigenvalue weighted by Crippen LogP contribution is -2.15. The summed E-state index contributed by atoms with van der Waals surface area (Å²) in [4.78, 5) is 23.0. The summed E-state index contributed by atoms with van der Waals surface area (Å²) in [7, 11) is 1.48. The summed E-state index contributed by atoms with van der Waals surface area (Å²) < 4.78 is 5.02. The summed E-state index contributed by atoms with van der Waals surface area (Å²) in [5.41, 5.74) is 0.792. The lowest BCUT2D eigenvalue weighted by Gasteiger charge is -2.10. The molecule has 0 radical (unpaired) electrons. The Morgan fingerprint density at radius 3 is 2.63 bits per heavy atom. The highest BCUT2D eigenvalue weighted by atomic mass is 16.5. The van der Waals surface area contributed by atoms with E-state index in [9.17, 15) is 9.59 Å². The molecule has 0 saturated carbocycles. The smallest absolute Gasteiger partial charge is 0.337 e. The Labute approximate surface area is 111 Å². The topological polar surface area (TPSA) is 75.6 Å². The lowest BCUT2D eigenvalue weighted by molar-refractivity contribution is -0.112. The number of hydrogen-bond acceptors (Lipinski definition) is 3. The number of amides is 1. The van der Waals surface area contributed by atoms with E-state index >= 15 is 0 Å². The van der Waals surface area contributed by atoms with Crippen LogP contribution in [-0.2, 0) is 4.79 Å². The highest BCUT2D eigenvalue weighted by molar-refractivity contribution is 6.07. The van der Waals surface area contributed by atoms with E-state index in [1.165, 1.54) is 25.3 Å². The number of benzene rings is 1. The Morgan fingerprint density at radius 2 is 2.11 bits per heavy atom. The van der Waals surface area contributed by atoms with E-state index in [-0.39, 0.29) is 17.2 Å². The molecule has 0 heterocycles. The van der Waals surface area contributed by atoms with Crippen molar-refractivity contribution in [1.82, 2.24) is 0 Å². The second-order valence-electron chi connectivity index (χ2n) is 3.97. The van der Waals surface area contributed by atoms with Crippen molar-refractivity contribution in [3.05, 3.63) is 35.4 Å². The Bertz CT molecular complexity index is 520. The zero-order valence-electron chi connectivity index (χ0n) is 11.2. The molecular weight excluding hydrogens is 246 g/mol. The molecule has 5 nitrogen and oxygen atoms in total. The molecule has 0 aliphatic heterocycles. The molecule has 1 rings (SSSR count). The van der Waals surface area contributed by atoms with E-state index in [0.29, 0.717) is 11.3 Å². The molecule has 0 fully saturated rings. The molecule has 0 saturated heterocycles. The van der Waals surface area contributed by atoms with Gasteiger partial charge < -0.3 is 15.2 Å². The van der Waals surface area contributed by atoms with Gasteiger partial charge in [-0.3, -0.25) is 4.79 Å². The molecule has 2 N–H and O–H groups in total. The summed E-state index contributed by atoms with van der Waals surface area (Å²) in [5.74, 6) is -0.940. The number of ether oxygens (including phenoxy) is 1. The highest BCUT2D eigenvalue weighted by Gasteiger charge is 2.14. The van der Waals surface area contributed by atoms with Gasteiger partial charge in [-0.25, -0.2) is 4.79 Å². The van der Waals surface area contributed by atoms with Crippen molar-refractivity contribution >= 4 is 17.6 Å². The molecule has 0 aliphatic carbocycles. The third kappa shape index (κ3) is 3.84. The molecule has 0 bridgehead atoms. The number of hydrogen-bond donors (Lipinski definition) is 2. The van der Waals surface area contributed by atoms with E-state index in [4.69, 9.17) is 9.84 Å². The standard InChI is InChI=1S/C14H17NO4/c1-4-5-9(2)13(16)15-12-8-10(19-3)6-7-11(12)14(17)18/h5-8H,4H2,1-3H3,(H,15,16)(H,17,18)/b9-5-. The van der Waals surface area contributed by atoms with Gasteiger partial charge in [-0.2, -0.15) is 0 Å². The van der Waals surface area contributed by atoms with Gasteiger partial charge in [0.2, 0.25) is 0 Å². The second kappa shape index (κ2) is 6.58. The number of allylic oxidation sites excluding steroid dienone is 1. The van der Waals surface area contributed by atoms with E-state index in [2.05, 4.69) is 5.32 Å². The minimum atomic E-state index is -1.10. The molecule has 1 amide bonds. The van der Waals surface area contributed by atoms with Crippen molar-refractivity contribution in [1.29, 1.82) is 0 Å². The first-order valence-electron chi connectivity index (χ1n) is 5.89. The number of carbonyl (C=O) groups excluding carboxylic acids is 1. The fourth-order valence-electron chi connectivity index (χ4n) is 1.56.